The largest absolute Gasteiger partial charge is 0.511 e. The van der Waals surface area contributed by atoms with Crippen LogP contribution in [-0.4, -0.2) is 22.7 Å². The van der Waals surface area contributed by atoms with Gasteiger partial charge in [-0.3, -0.25) is 0 Å². The maximum atomic E-state index is 10.7. The van der Waals surface area contributed by atoms with Gasteiger partial charge >= 0.3 is 12.0 Å². The summed E-state index contributed by atoms with van der Waals surface area (Å²) in [4.78, 5) is 14.5. The summed E-state index contributed by atoms with van der Waals surface area (Å²) in [7, 11) is 0. The number of rotatable bonds is 3. The van der Waals surface area contributed by atoms with Crippen LogP contribution in [-0.2, 0) is 11.2 Å². The summed E-state index contributed by atoms with van der Waals surface area (Å²) in [6.45, 7) is 1.68. The molecule has 0 amide bonds. The minimum atomic E-state index is -1.25. The molecule has 0 atom stereocenters. The Bertz CT molecular complexity index is 519. The van der Waals surface area contributed by atoms with Gasteiger partial charge in [0.05, 0.1) is 0 Å². The van der Waals surface area contributed by atoms with Crippen molar-refractivity contribution in [2.24, 2.45) is 0 Å². The molecule has 0 aliphatic carbocycles. The Balaban J connectivity index is 2.60. The van der Waals surface area contributed by atoms with Gasteiger partial charge in [-0.15, -0.1) is 0 Å². The summed E-state index contributed by atoms with van der Waals surface area (Å²) in [6.07, 6.45) is 0.654. The van der Waals surface area contributed by atoms with Gasteiger partial charge in [-0.25, -0.2) is 4.79 Å². The van der Waals surface area contributed by atoms with Gasteiger partial charge in [0.15, 0.2) is 0 Å². The highest BCUT2D eigenvalue weighted by Gasteiger charge is 2.14. The van der Waals surface area contributed by atoms with Crippen LogP contribution in [0, 0.1) is 6.07 Å². The molecule has 0 fully saturated rings. The van der Waals surface area contributed by atoms with Gasteiger partial charge in [-0.05, 0) is 24.6 Å². The first kappa shape index (κ1) is 14.1. The number of halogens is 1. The number of aliphatic carboxylic acids is 1. The molecule has 0 aliphatic heterocycles. The van der Waals surface area contributed by atoms with Gasteiger partial charge in [0.2, 0.25) is 5.57 Å². The molecule has 94 valence electrons. The molecule has 0 heterocycles. The number of hydrogen-bond acceptors (Lipinski definition) is 2. The highest BCUT2D eigenvalue weighted by molar-refractivity contribution is 6.30. The van der Waals surface area contributed by atoms with Crippen LogP contribution in [0.5, 0.6) is 0 Å². The second-order valence-electron chi connectivity index (χ2n) is 3.64. The molecule has 0 saturated carbocycles. The molecule has 0 radical (unpaired) electrons. The summed E-state index contributed by atoms with van der Waals surface area (Å²) in [5.74, 6) is -1.55. The SMILES string of the molecule is C/C(O)=C(\C#[N+]CCc1ccc(Cl)cc1)C(=O)O. The predicted molar refractivity (Wildman–Crippen MR) is 70.2 cm³/mol. The summed E-state index contributed by atoms with van der Waals surface area (Å²) in [5, 5.41) is 18.5. The van der Waals surface area contributed by atoms with Crippen molar-refractivity contribution in [2.75, 3.05) is 6.54 Å². The maximum absolute atomic E-state index is 10.7. The first-order valence-corrected chi connectivity index (χ1v) is 5.68. The van der Waals surface area contributed by atoms with Gasteiger partial charge in [0.1, 0.15) is 5.76 Å². The van der Waals surface area contributed by atoms with E-state index in [1.165, 1.54) is 6.92 Å². The first-order valence-electron chi connectivity index (χ1n) is 5.31. The molecular weight excluding hydrogens is 254 g/mol. The number of carbonyl (C=O) groups is 1. The Morgan fingerprint density at radius 3 is 2.44 bits per heavy atom. The molecule has 5 heteroatoms. The average Bonchev–Trinajstić information content (AvgIpc) is 2.30. The van der Waals surface area contributed by atoms with Crippen molar-refractivity contribution in [3.05, 3.63) is 51.0 Å². The average molecular weight is 267 g/mol. The lowest BCUT2D eigenvalue weighted by Gasteiger charge is -1.93. The third-order valence-corrected chi connectivity index (χ3v) is 2.44. The van der Waals surface area contributed by atoms with Crippen molar-refractivity contribution >= 4 is 17.6 Å². The van der Waals surface area contributed by atoms with Crippen LogP contribution < -0.4 is 0 Å². The molecule has 0 saturated heterocycles. The lowest BCUT2D eigenvalue weighted by Crippen LogP contribution is -2.01. The Kier molecular flexibility index (Phi) is 5.22. The van der Waals surface area contributed by atoms with E-state index in [4.69, 9.17) is 21.8 Å². The number of aliphatic hydroxyl groups is 1. The van der Waals surface area contributed by atoms with Gasteiger partial charge in [-0.1, -0.05) is 28.6 Å². The van der Waals surface area contributed by atoms with Crippen molar-refractivity contribution in [2.45, 2.75) is 13.3 Å². The number of aliphatic hydroxyl groups excluding tert-OH is 1. The molecule has 0 spiro atoms. The number of nitrogens with zero attached hydrogens (tertiary/aromatic N) is 1. The third kappa shape index (κ3) is 4.48. The number of hydrogen-bond donors (Lipinski definition) is 2. The van der Waals surface area contributed by atoms with E-state index in [0.717, 1.165) is 5.56 Å². The maximum Gasteiger partial charge on any atom is 0.354 e. The summed E-state index contributed by atoms with van der Waals surface area (Å²) >= 11 is 5.75. The molecule has 0 unspecified atom stereocenters. The normalized spacial score (nSPS) is 11.2. The fourth-order valence-corrected chi connectivity index (χ4v) is 1.38. The molecule has 4 nitrogen and oxygen atoms in total. The van der Waals surface area contributed by atoms with Crippen LogP contribution in [0.3, 0.4) is 0 Å². The van der Waals surface area contributed by atoms with Crippen LogP contribution >= 0.6 is 11.6 Å². The molecule has 0 bridgehead atoms. The second kappa shape index (κ2) is 6.67. The van der Waals surface area contributed by atoms with E-state index < -0.39 is 5.97 Å². The Morgan fingerprint density at radius 2 is 1.94 bits per heavy atom. The zero-order valence-electron chi connectivity index (χ0n) is 9.85. The van der Waals surface area contributed by atoms with Gasteiger partial charge in [-0.2, -0.15) is 0 Å². The van der Waals surface area contributed by atoms with Crippen molar-refractivity contribution in [3.63, 3.8) is 0 Å². The molecule has 1 rings (SSSR count). The molecular formula is C13H13ClNO3+. The first-order chi connectivity index (χ1) is 8.50. The topological polar surface area (TPSA) is 61.9 Å². The van der Waals surface area contributed by atoms with Gasteiger partial charge < -0.3 is 10.2 Å². The van der Waals surface area contributed by atoms with E-state index in [-0.39, 0.29) is 11.3 Å². The molecule has 2 N–H and O–H groups in total. The van der Waals surface area contributed by atoms with Crippen LogP contribution in [0.15, 0.2) is 35.6 Å². The Morgan fingerprint density at radius 1 is 1.33 bits per heavy atom. The monoisotopic (exact) mass is 266 g/mol. The molecule has 18 heavy (non-hydrogen) atoms. The number of carboxylic acid groups (broad SMARTS) is 1. The molecule has 0 aliphatic rings. The van der Waals surface area contributed by atoms with E-state index in [0.29, 0.717) is 18.0 Å². The molecule has 0 aromatic heterocycles. The standard InChI is InChI=1S/C13H12ClNO3/c1-9(16)12(13(17)18)8-15-7-6-10-2-4-11(14)5-3-10/h2-5H,6-7H2,1H3,(H,17,18)/p+1. The predicted octanol–water partition coefficient (Wildman–Crippen LogP) is 3.13. The summed E-state index contributed by atoms with van der Waals surface area (Å²) in [5.41, 5.74) is 0.734. The lowest BCUT2D eigenvalue weighted by molar-refractivity contribution is -0.132. The van der Waals surface area contributed by atoms with E-state index in [1.54, 1.807) is 12.1 Å². The number of carboxylic acids is 1. The lowest BCUT2D eigenvalue weighted by atomic mass is 10.1. The van der Waals surface area contributed by atoms with Crippen molar-refractivity contribution in [1.29, 1.82) is 0 Å². The van der Waals surface area contributed by atoms with Crippen molar-refractivity contribution in [1.82, 2.24) is 0 Å². The van der Waals surface area contributed by atoms with Crippen LogP contribution in [0.25, 0.3) is 4.85 Å². The summed E-state index contributed by atoms with van der Waals surface area (Å²) < 4.78 is 0. The minimum absolute atomic E-state index is 0.308. The Labute approximate surface area is 110 Å². The fraction of sp³-hybridized carbons (Fsp3) is 0.231. The highest BCUT2D eigenvalue weighted by Crippen LogP contribution is 2.10. The van der Waals surface area contributed by atoms with Crippen LogP contribution in [0.2, 0.25) is 5.02 Å². The number of benzene rings is 1. The van der Waals surface area contributed by atoms with Crippen LogP contribution in [0.4, 0.5) is 0 Å². The van der Waals surface area contributed by atoms with E-state index in [1.807, 2.05) is 12.1 Å². The van der Waals surface area contributed by atoms with Gasteiger partial charge in [0, 0.05) is 11.4 Å². The van der Waals surface area contributed by atoms with Crippen LogP contribution in [0.1, 0.15) is 12.5 Å². The number of allylic oxidation sites excluding steroid dienone is 1. The zero-order valence-corrected chi connectivity index (χ0v) is 10.6. The van der Waals surface area contributed by atoms with E-state index in [9.17, 15) is 4.79 Å². The van der Waals surface area contributed by atoms with E-state index in [2.05, 4.69) is 10.9 Å². The van der Waals surface area contributed by atoms with Crippen molar-refractivity contribution < 1.29 is 15.0 Å². The Hall–Kier alpha value is -1.99. The summed E-state index contributed by atoms with van der Waals surface area (Å²) in [6, 6.07) is 9.65. The molecule has 1 aromatic carbocycles. The molecule has 1 aromatic rings. The zero-order chi connectivity index (χ0) is 13.5. The van der Waals surface area contributed by atoms with Gasteiger partial charge in [0.25, 0.3) is 6.54 Å². The third-order valence-electron chi connectivity index (χ3n) is 2.19. The van der Waals surface area contributed by atoms with Crippen molar-refractivity contribution in [3.8, 4) is 6.07 Å². The van der Waals surface area contributed by atoms with E-state index >= 15 is 0 Å². The highest BCUT2D eigenvalue weighted by atomic mass is 35.5. The quantitative estimate of drug-likeness (QED) is 0.502. The minimum Gasteiger partial charge on any atom is -0.511 e. The second-order valence-corrected chi connectivity index (χ2v) is 4.07. The fourth-order valence-electron chi connectivity index (χ4n) is 1.25. The smallest absolute Gasteiger partial charge is 0.354 e.